The molecule has 0 bridgehead atoms. The molecular weight excluding hydrogens is 239 g/mol. The Bertz CT molecular complexity index is 406. The maximum Gasteiger partial charge on any atom is 0.416 e. The summed E-state index contributed by atoms with van der Waals surface area (Å²) in [6.45, 7) is 3.80. The quantitative estimate of drug-likeness (QED) is 0.854. The van der Waals surface area contributed by atoms with Crippen LogP contribution in [0.4, 0.5) is 13.2 Å². The van der Waals surface area contributed by atoms with Gasteiger partial charge in [-0.3, -0.25) is 0 Å². The van der Waals surface area contributed by atoms with Crippen molar-refractivity contribution in [3.05, 3.63) is 34.9 Å². The van der Waals surface area contributed by atoms with Crippen molar-refractivity contribution in [3.8, 4) is 0 Å². The Kier molecular flexibility index (Phi) is 3.95. The summed E-state index contributed by atoms with van der Waals surface area (Å²) in [4.78, 5) is 0. The topological polar surface area (TPSA) is 12.0 Å². The SMILES string of the molecule is Cc1cc(C(F)(F)F)ccc1CC1CCCNC1. The van der Waals surface area contributed by atoms with Crippen molar-refractivity contribution in [2.24, 2.45) is 5.92 Å². The Balaban J connectivity index is 2.09. The van der Waals surface area contributed by atoms with E-state index < -0.39 is 11.7 Å². The molecule has 1 saturated heterocycles. The molecule has 1 aromatic rings. The molecule has 0 amide bonds. The van der Waals surface area contributed by atoms with Gasteiger partial charge in [0.2, 0.25) is 0 Å². The van der Waals surface area contributed by atoms with E-state index in [0.29, 0.717) is 5.92 Å². The van der Waals surface area contributed by atoms with Gasteiger partial charge in [0.15, 0.2) is 0 Å². The van der Waals surface area contributed by atoms with Gasteiger partial charge in [0, 0.05) is 0 Å². The standard InChI is InChI=1S/C14H18F3N/c1-10-7-13(14(15,16)17)5-4-12(10)8-11-3-2-6-18-9-11/h4-5,7,11,18H,2-3,6,8-9H2,1H3. The molecule has 1 aromatic carbocycles. The third-order valence-corrected chi connectivity index (χ3v) is 3.58. The number of alkyl halides is 3. The fourth-order valence-electron chi connectivity index (χ4n) is 2.51. The van der Waals surface area contributed by atoms with Crippen LogP contribution in [0.25, 0.3) is 0 Å². The van der Waals surface area contributed by atoms with E-state index in [2.05, 4.69) is 5.32 Å². The number of rotatable bonds is 2. The van der Waals surface area contributed by atoms with E-state index in [0.717, 1.165) is 43.5 Å². The van der Waals surface area contributed by atoms with E-state index in [1.54, 1.807) is 13.0 Å². The number of nitrogens with one attached hydrogen (secondary N) is 1. The highest BCUT2D eigenvalue weighted by molar-refractivity contribution is 5.32. The van der Waals surface area contributed by atoms with E-state index >= 15 is 0 Å². The molecule has 0 radical (unpaired) electrons. The van der Waals surface area contributed by atoms with Crippen LogP contribution in [-0.4, -0.2) is 13.1 Å². The molecule has 1 unspecified atom stereocenters. The number of hydrogen-bond donors (Lipinski definition) is 1. The highest BCUT2D eigenvalue weighted by Crippen LogP contribution is 2.31. The van der Waals surface area contributed by atoms with Crippen LogP contribution < -0.4 is 5.32 Å². The van der Waals surface area contributed by atoms with Gasteiger partial charge >= 0.3 is 6.18 Å². The molecule has 0 aliphatic carbocycles. The van der Waals surface area contributed by atoms with Crippen molar-refractivity contribution in [1.82, 2.24) is 5.32 Å². The fourth-order valence-corrected chi connectivity index (χ4v) is 2.51. The largest absolute Gasteiger partial charge is 0.416 e. The molecule has 1 fully saturated rings. The predicted molar refractivity (Wildman–Crippen MR) is 65.5 cm³/mol. The average Bonchev–Trinajstić information content (AvgIpc) is 2.32. The van der Waals surface area contributed by atoms with E-state index in [1.165, 1.54) is 12.1 Å². The Morgan fingerprint density at radius 3 is 2.67 bits per heavy atom. The zero-order chi connectivity index (χ0) is 13.2. The zero-order valence-electron chi connectivity index (χ0n) is 10.5. The molecule has 0 saturated carbocycles. The second-order valence-electron chi connectivity index (χ2n) is 5.06. The van der Waals surface area contributed by atoms with Gasteiger partial charge in [0.05, 0.1) is 5.56 Å². The summed E-state index contributed by atoms with van der Waals surface area (Å²) in [7, 11) is 0. The maximum atomic E-state index is 12.5. The lowest BCUT2D eigenvalue weighted by Gasteiger charge is -2.23. The number of aryl methyl sites for hydroxylation is 1. The average molecular weight is 257 g/mol. The highest BCUT2D eigenvalue weighted by Gasteiger charge is 2.30. The lowest BCUT2D eigenvalue weighted by molar-refractivity contribution is -0.137. The Morgan fingerprint density at radius 2 is 2.11 bits per heavy atom. The smallest absolute Gasteiger partial charge is 0.316 e. The van der Waals surface area contributed by atoms with Crippen LogP contribution in [0, 0.1) is 12.8 Å². The van der Waals surface area contributed by atoms with Crippen LogP contribution in [0.5, 0.6) is 0 Å². The second kappa shape index (κ2) is 5.31. The van der Waals surface area contributed by atoms with E-state index in [4.69, 9.17) is 0 Å². The third kappa shape index (κ3) is 3.25. The monoisotopic (exact) mass is 257 g/mol. The number of piperidine rings is 1. The molecular formula is C14H18F3N. The van der Waals surface area contributed by atoms with Gasteiger partial charge in [-0.1, -0.05) is 6.07 Å². The minimum Gasteiger partial charge on any atom is -0.316 e. The van der Waals surface area contributed by atoms with Crippen molar-refractivity contribution < 1.29 is 13.2 Å². The summed E-state index contributed by atoms with van der Waals surface area (Å²) in [5, 5.41) is 3.33. The van der Waals surface area contributed by atoms with Crippen LogP contribution in [0.3, 0.4) is 0 Å². The first-order valence-electron chi connectivity index (χ1n) is 6.34. The van der Waals surface area contributed by atoms with Crippen molar-refractivity contribution in [2.75, 3.05) is 13.1 Å². The van der Waals surface area contributed by atoms with Crippen molar-refractivity contribution in [2.45, 2.75) is 32.4 Å². The van der Waals surface area contributed by atoms with Crippen LogP contribution in [0.1, 0.15) is 29.5 Å². The van der Waals surface area contributed by atoms with E-state index in [-0.39, 0.29) is 0 Å². The summed E-state index contributed by atoms with van der Waals surface area (Å²) in [5.74, 6) is 0.550. The number of hydrogen-bond acceptors (Lipinski definition) is 1. The lowest BCUT2D eigenvalue weighted by Crippen LogP contribution is -2.31. The van der Waals surface area contributed by atoms with Crippen molar-refractivity contribution in [1.29, 1.82) is 0 Å². The van der Waals surface area contributed by atoms with Gasteiger partial charge in [-0.15, -0.1) is 0 Å². The zero-order valence-corrected chi connectivity index (χ0v) is 10.5. The number of halogens is 3. The molecule has 18 heavy (non-hydrogen) atoms. The molecule has 0 spiro atoms. The summed E-state index contributed by atoms with van der Waals surface area (Å²) in [5.41, 5.74) is 1.23. The normalized spacial score (nSPS) is 21.0. The molecule has 1 nitrogen and oxygen atoms in total. The van der Waals surface area contributed by atoms with Crippen molar-refractivity contribution >= 4 is 0 Å². The summed E-state index contributed by atoms with van der Waals surface area (Å²) >= 11 is 0. The minimum absolute atomic E-state index is 0.550. The van der Waals surface area contributed by atoms with Gasteiger partial charge in [0.25, 0.3) is 0 Å². The molecule has 1 atom stereocenters. The third-order valence-electron chi connectivity index (χ3n) is 3.58. The van der Waals surface area contributed by atoms with Gasteiger partial charge in [-0.25, -0.2) is 0 Å². The first-order valence-corrected chi connectivity index (χ1v) is 6.34. The lowest BCUT2D eigenvalue weighted by atomic mass is 9.90. The summed E-state index contributed by atoms with van der Waals surface area (Å²) in [6, 6.07) is 4.08. The molecule has 0 aromatic heterocycles. The molecule has 1 N–H and O–H groups in total. The van der Waals surface area contributed by atoms with E-state index in [9.17, 15) is 13.2 Å². The van der Waals surface area contributed by atoms with Crippen molar-refractivity contribution in [3.63, 3.8) is 0 Å². The Hall–Kier alpha value is -1.03. The second-order valence-corrected chi connectivity index (χ2v) is 5.06. The van der Waals surface area contributed by atoms with Gasteiger partial charge in [-0.05, 0) is 68.5 Å². The van der Waals surface area contributed by atoms with Gasteiger partial charge < -0.3 is 5.32 Å². The summed E-state index contributed by atoms with van der Waals surface area (Å²) in [6.07, 6.45) is -1.05. The van der Waals surface area contributed by atoms with Crippen LogP contribution >= 0.6 is 0 Å². The molecule has 1 aliphatic heterocycles. The summed E-state index contributed by atoms with van der Waals surface area (Å²) < 4.78 is 37.6. The first kappa shape index (κ1) is 13.4. The minimum atomic E-state index is -4.24. The molecule has 1 heterocycles. The first-order chi connectivity index (χ1) is 8.47. The fraction of sp³-hybridized carbons (Fsp3) is 0.571. The molecule has 2 rings (SSSR count). The van der Waals surface area contributed by atoms with Crippen LogP contribution in [0.15, 0.2) is 18.2 Å². The Morgan fingerprint density at radius 1 is 1.33 bits per heavy atom. The molecule has 1 aliphatic rings. The van der Waals surface area contributed by atoms with Gasteiger partial charge in [-0.2, -0.15) is 13.2 Å². The molecule has 4 heteroatoms. The Labute approximate surface area is 105 Å². The van der Waals surface area contributed by atoms with E-state index in [1.807, 2.05) is 0 Å². The highest BCUT2D eigenvalue weighted by atomic mass is 19.4. The number of benzene rings is 1. The van der Waals surface area contributed by atoms with Crippen LogP contribution in [-0.2, 0) is 12.6 Å². The van der Waals surface area contributed by atoms with Gasteiger partial charge in [0.1, 0.15) is 0 Å². The maximum absolute atomic E-state index is 12.5. The van der Waals surface area contributed by atoms with Crippen LogP contribution in [0.2, 0.25) is 0 Å². The molecule has 100 valence electrons. The predicted octanol–water partition coefficient (Wildman–Crippen LogP) is 3.56.